The molecule has 2 amide bonds. The third-order valence-electron chi connectivity index (χ3n) is 6.91. The lowest BCUT2D eigenvalue weighted by Gasteiger charge is -2.31. The summed E-state index contributed by atoms with van der Waals surface area (Å²) in [6.45, 7) is 6.13. The molecule has 1 aliphatic heterocycles. The van der Waals surface area contributed by atoms with Gasteiger partial charge in [-0.3, -0.25) is 9.78 Å². The monoisotopic (exact) mass is 532 g/mol. The van der Waals surface area contributed by atoms with Gasteiger partial charge in [0.15, 0.2) is 11.6 Å². The Morgan fingerprint density at radius 3 is 2.67 bits per heavy atom. The van der Waals surface area contributed by atoms with Gasteiger partial charge in [-0.1, -0.05) is 24.3 Å². The van der Waals surface area contributed by atoms with Crippen molar-refractivity contribution in [2.24, 2.45) is 0 Å². The van der Waals surface area contributed by atoms with Crippen LogP contribution in [0.15, 0.2) is 42.5 Å². The van der Waals surface area contributed by atoms with Gasteiger partial charge < -0.3 is 24.3 Å². The summed E-state index contributed by atoms with van der Waals surface area (Å²) in [5, 5.41) is 2.19. The Balaban J connectivity index is 1.47. The Hall–Kier alpha value is -4.14. The van der Waals surface area contributed by atoms with Crippen molar-refractivity contribution < 1.29 is 23.5 Å². The summed E-state index contributed by atoms with van der Waals surface area (Å²) in [6, 6.07) is 13.0. The summed E-state index contributed by atoms with van der Waals surface area (Å²) in [6.07, 6.45) is 0.508. The maximum Gasteiger partial charge on any atom is 0.410 e. The summed E-state index contributed by atoms with van der Waals surface area (Å²) in [5.41, 5.74) is 4.76. The highest BCUT2D eigenvalue weighted by atomic mass is 19.1. The number of pyridine rings is 1. The number of ether oxygens (including phenoxy) is 2. The van der Waals surface area contributed by atoms with E-state index in [1.165, 1.54) is 18.1 Å². The number of benzene rings is 2. The van der Waals surface area contributed by atoms with Crippen molar-refractivity contribution in [3.8, 4) is 5.75 Å². The molecule has 0 saturated heterocycles. The third-order valence-corrected chi connectivity index (χ3v) is 6.91. The zero-order chi connectivity index (χ0) is 27.9. The number of nitrogens with zero attached hydrogens (tertiary/aromatic N) is 3. The van der Waals surface area contributed by atoms with Crippen LogP contribution in [0.3, 0.4) is 0 Å². The lowest BCUT2D eigenvalue weighted by atomic mass is 9.96. The van der Waals surface area contributed by atoms with Gasteiger partial charge in [0.1, 0.15) is 12.1 Å². The average molecular weight is 533 g/mol. The van der Waals surface area contributed by atoms with Gasteiger partial charge in [-0.25, -0.2) is 9.18 Å². The fourth-order valence-corrected chi connectivity index (χ4v) is 5.07. The van der Waals surface area contributed by atoms with E-state index in [9.17, 15) is 14.0 Å². The van der Waals surface area contributed by atoms with Crippen molar-refractivity contribution in [3.63, 3.8) is 0 Å². The van der Waals surface area contributed by atoms with Crippen LogP contribution < -0.4 is 4.74 Å². The Morgan fingerprint density at radius 2 is 1.95 bits per heavy atom. The molecule has 3 heterocycles. The minimum absolute atomic E-state index is 0.0858. The largest absolute Gasteiger partial charge is 0.494 e. The van der Waals surface area contributed by atoms with Gasteiger partial charge >= 0.3 is 6.09 Å². The maximum absolute atomic E-state index is 14.5. The number of para-hydroxylation sites is 1. The van der Waals surface area contributed by atoms with Gasteiger partial charge in [0.05, 0.1) is 30.6 Å². The first-order chi connectivity index (χ1) is 18.5. The number of H-pyrrole nitrogens is 1. The number of aromatic amines is 1. The zero-order valence-corrected chi connectivity index (χ0v) is 22.9. The van der Waals surface area contributed by atoms with E-state index in [0.29, 0.717) is 25.9 Å². The van der Waals surface area contributed by atoms with Gasteiger partial charge in [0.2, 0.25) is 5.91 Å². The number of carbonyl (C=O) groups excluding carboxylic acids is 2. The molecular weight excluding hydrogens is 499 g/mol. The molecule has 0 radical (unpaired) electrons. The molecule has 0 fully saturated rings. The second-order valence-electron chi connectivity index (χ2n) is 11.0. The predicted molar refractivity (Wildman–Crippen MR) is 147 cm³/mol. The van der Waals surface area contributed by atoms with Crippen LogP contribution in [0.1, 0.15) is 43.3 Å². The first-order valence-corrected chi connectivity index (χ1v) is 13.0. The number of rotatable bonds is 5. The average Bonchev–Trinajstić information content (AvgIpc) is 3.28. The minimum atomic E-state index is -0.643. The molecule has 0 aliphatic carbocycles. The van der Waals surface area contributed by atoms with Gasteiger partial charge in [0.25, 0.3) is 0 Å². The van der Waals surface area contributed by atoms with Gasteiger partial charge in [-0.2, -0.15) is 0 Å². The number of hydrogen-bond donors (Lipinski definition) is 1. The van der Waals surface area contributed by atoms with Gasteiger partial charge in [-0.05, 0) is 56.5 Å². The molecular formula is C30H33FN4O4. The first-order valence-electron chi connectivity index (χ1n) is 13.0. The molecule has 4 aromatic rings. The number of methoxy groups -OCH3 is 1. The second-order valence-corrected chi connectivity index (χ2v) is 11.0. The molecule has 0 saturated carbocycles. The van der Waals surface area contributed by atoms with Crippen molar-refractivity contribution in [3.05, 3.63) is 70.8 Å². The highest BCUT2D eigenvalue weighted by molar-refractivity contribution is 6.10. The molecule has 9 heteroatoms. The lowest BCUT2D eigenvalue weighted by molar-refractivity contribution is -0.133. The van der Waals surface area contributed by atoms with E-state index in [4.69, 9.17) is 14.5 Å². The van der Waals surface area contributed by atoms with E-state index < -0.39 is 17.5 Å². The topological polar surface area (TPSA) is 87.8 Å². The molecule has 2 aromatic heterocycles. The van der Waals surface area contributed by atoms with Crippen molar-refractivity contribution in [2.75, 3.05) is 27.2 Å². The Labute approximate surface area is 226 Å². The highest BCUT2D eigenvalue weighted by Crippen LogP contribution is 2.35. The smallest absolute Gasteiger partial charge is 0.410 e. The van der Waals surface area contributed by atoms with E-state index in [1.54, 1.807) is 38.8 Å². The van der Waals surface area contributed by atoms with Crippen LogP contribution in [0.5, 0.6) is 5.75 Å². The number of aromatic nitrogens is 2. The summed E-state index contributed by atoms with van der Waals surface area (Å²) in [5.74, 6) is -0.404. The maximum atomic E-state index is 14.5. The molecule has 0 unspecified atom stereocenters. The number of likely N-dealkylation sites (N-methyl/N-ethyl adjacent to an activating group) is 1. The molecule has 1 aliphatic rings. The van der Waals surface area contributed by atoms with Crippen molar-refractivity contribution >= 4 is 33.8 Å². The van der Waals surface area contributed by atoms with E-state index in [-0.39, 0.29) is 18.2 Å². The van der Waals surface area contributed by atoms with E-state index in [2.05, 4.69) is 11.1 Å². The number of nitrogens with one attached hydrogen (secondary N) is 1. The zero-order valence-electron chi connectivity index (χ0n) is 22.9. The SMILES string of the molecule is COc1ccc(Cc2nc3c(c4c2[nH]c2ccccc24)CCN(C(=O)CN(C)C(=O)OC(C)(C)C)C3)cc1F. The standard InChI is InChI=1S/C30H33FN4O4/c1-30(2,3)39-29(37)34(4)17-26(36)35-13-12-20-24(16-35)32-23(15-18-10-11-25(38-5)21(31)14-18)28-27(20)19-8-6-7-9-22(19)33-28/h6-11,14,33H,12-13,15-17H2,1-5H3. The van der Waals surface area contributed by atoms with Crippen LogP contribution in [0.2, 0.25) is 0 Å². The predicted octanol–water partition coefficient (Wildman–Crippen LogP) is 5.21. The van der Waals surface area contributed by atoms with Crippen LogP contribution in [0.25, 0.3) is 21.8 Å². The van der Waals surface area contributed by atoms with Crippen LogP contribution >= 0.6 is 0 Å². The number of amides is 2. The van der Waals surface area contributed by atoms with E-state index in [0.717, 1.165) is 44.3 Å². The van der Waals surface area contributed by atoms with Crippen molar-refractivity contribution in [1.82, 2.24) is 19.8 Å². The molecule has 204 valence electrons. The lowest BCUT2D eigenvalue weighted by Crippen LogP contribution is -2.44. The van der Waals surface area contributed by atoms with Gasteiger partial charge in [0, 0.05) is 36.3 Å². The molecule has 0 bridgehead atoms. The minimum Gasteiger partial charge on any atom is -0.494 e. The number of fused-ring (bicyclic) bond motifs is 5. The number of halogens is 1. The van der Waals surface area contributed by atoms with Crippen molar-refractivity contribution in [2.45, 2.75) is 45.8 Å². The fraction of sp³-hybridized carbons (Fsp3) is 0.367. The van der Waals surface area contributed by atoms with Crippen LogP contribution in [0.4, 0.5) is 9.18 Å². The molecule has 8 nitrogen and oxygen atoms in total. The molecule has 1 N–H and O–H groups in total. The van der Waals surface area contributed by atoms with Crippen LogP contribution in [-0.4, -0.2) is 64.6 Å². The van der Waals surface area contributed by atoms with E-state index in [1.807, 2.05) is 24.3 Å². The second kappa shape index (κ2) is 10.2. The number of hydrogen-bond acceptors (Lipinski definition) is 5. The summed E-state index contributed by atoms with van der Waals surface area (Å²) in [7, 11) is 3.00. The summed E-state index contributed by atoms with van der Waals surface area (Å²) in [4.78, 5) is 37.1. The summed E-state index contributed by atoms with van der Waals surface area (Å²) < 4.78 is 24.9. The summed E-state index contributed by atoms with van der Waals surface area (Å²) >= 11 is 0. The van der Waals surface area contributed by atoms with Crippen LogP contribution in [0, 0.1) is 5.82 Å². The Morgan fingerprint density at radius 1 is 1.18 bits per heavy atom. The molecule has 0 spiro atoms. The quantitative estimate of drug-likeness (QED) is 0.382. The normalized spacial score (nSPS) is 13.4. The Kier molecular flexibility index (Phi) is 6.92. The fourth-order valence-electron chi connectivity index (χ4n) is 5.07. The van der Waals surface area contributed by atoms with Gasteiger partial charge in [-0.15, -0.1) is 0 Å². The van der Waals surface area contributed by atoms with Crippen molar-refractivity contribution in [1.29, 1.82) is 0 Å². The molecule has 2 aromatic carbocycles. The molecule has 0 atom stereocenters. The molecule has 5 rings (SSSR count). The van der Waals surface area contributed by atoms with Crippen LogP contribution in [-0.2, 0) is 28.9 Å². The molecule has 39 heavy (non-hydrogen) atoms. The Bertz CT molecular complexity index is 1570. The first kappa shape index (κ1) is 26.5. The highest BCUT2D eigenvalue weighted by Gasteiger charge is 2.28. The third kappa shape index (κ3) is 5.39. The van der Waals surface area contributed by atoms with E-state index >= 15 is 0 Å². The number of carbonyl (C=O) groups is 2.